The highest BCUT2D eigenvalue weighted by molar-refractivity contribution is 5.83. The van der Waals surface area contributed by atoms with Crippen molar-refractivity contribution in [2.24, 2.45) is 5.16 Å². The van der Waals surface area contributed by atoms with Crippen molar-refractivity contribution >= 4 is 22.9 Å². The molecule has 5 heteroatoms. The number of carbonyl (C=O) groups excluding carboxylic acids is 1. The molecule has 0 radical (unpaired) electrons. The fourth-order valence-electron chi connectivity index (χ4n) is 2.85. The number of nitrogens with one attached hydrogen (secondary N) is 1. The summed E-state index contributed by atoms with van der Waals surface area (Å²) in [5, 5.41) is 9.11. The van der Waals surface area contributed by atoms with Crippen LogP contribution in [0.4, 0.5) is 0 Å². The van der Waals surface area contributed by atoms with E-state index in [0.717, 1.165) is 22.3 Å². The Labute approximate surface area is 165 Å². The van der Waals surface area contributed by atoms with Crippen LogP contribution in [0.5, 0.6) is 5.75 Å². The molecule has 0 fully saturated rings. The first-order valence-corrected chi connectivity index (χ1v) is 9.32. The summed E-state index contributed by atoms with van der Waals surface area (Å²) in [7, 11) is 0. The minimum Gasteiger partial charge on any atom is -0.494 e. The van der Waals surface area contributed by atoms with Crippen LogP contribution >= 0.6 is 0 Å². The first-order valence-electron chi connectivity index (χ1n) is 9.32. The molecule has 0 spiro atoms. The maximum atomic E-state index is 12.1. The number of nitrogens with zero attached hydrogens (tertiary/aromatic N) is 1. The standard InChI is InChI=1S/C23H24N2O3/c1-3-27-22-12-8-18(9-13-22)15-24-28-16-23(26)25-17(2)20-11-10-19-6-4-5-7-21(19)14-20/h4-15,17H,3,16H2,1-2H3,(H,25,26)/b24-15+. The molecular formula is C23H24N2O3. The van der Waals surface area contributed by atoms with Gasteiger partial charge in [0.15, 0.2) is 6.61 Å². The van der Waals surface area contributed by atoms with Crippen LogP contribution in [0.15, 0.2) is 71.9 Å². The summed E-state index contributed by atoms with van der Waals surface area (Å²) in [6.45, 7) is 4.38. The lowest BCUT2D eigenvalue weighted by Crippen LogP contribution is -2.29. The number of benzene rings is 3. The third-order valence-electron chi connectivity index (χ3n) is 4.31. The highest BCUT2D eigenvalue weighted by Gasteiger charge is 2.10. The van der Waals surface area contributed by atoms with Crippen LogP contribution in [0.2, 0.25) is 0 Å². The van der Waals surface area contributed by atoms with Crippen molar-refractivity contribution in [3.05, 3.63) is 77.9 Å². The smallest absolute Gasteiger partial charge is 0.261 e. The second-order valence-corrected chi connectivity index (χ2v) is 6.41. The number of rotatable bonds is 8. The number of carbonyl (C=O) groups is 1. The van der Waals surface area contributed by atoms with Crippen molar-refractivity contribution in [2.75, 3.05) is 13.2 Å². The molecule has 144 valence electrons. The van der Waals surface area contributed by atoms with E-state index >= 15 is 0 Å². The number of oxime groups is 1. The van der Waals surface area contributed by atoms with Crippen molar-refractivity contribution in [1.82, 2.24) is 5.32 Å². The average molecular weight is 376 g/mol. The Kier molecular flexibility index (Phi) is 6.63. The minimum absolute atomic E-state index is 0.115. The van der Waals surface area contributed by atoms with E-state index in [2.05, 4.69) is 34.7 Å². The summed E-state index contributed by atoms with van der Waals surface area (Å²) in [5.41, 5.74) is 1.92. The number of fused-ring (bicyclic) bond motifs is 1. The maximum absolute atomic E-state index is 12.1. The van der Waals surface area contributed by atoms with E-state index < -0.39 is 0 Å². The van der Waals surface area contributed by atoms with E-state index in [0.29, 0.717) is 6.61 Å². The largest absolute Gasteiger partial charge is 0.494 e. The molecule has 1 unspecified atom stereocenters. The Bertz CT molecular complexity index is 951. The van der Waals surface area contributed by atoms with Crippen molar-refractivity contribution in [2.45, 2.75) is 19.9 Å². The zero-order valence-corrected chi connectivity index (χ0v) is 16.1. The first kappa shape index (κ1) is 19.4. The van der Waals surface area contributed by atoms with Crippen LogP contribution in [0, 0.1) is 0 Å². The van der Waals surface area contributed by atoms with Crippen LogP contribution in [0.3, 0.4) is 0 Å². The highest BCUT2D eigenvalue weighted by Crippen LogP contribution is 2.20. The van der Waals surface area contributed by atoms with Gasteiger partial charge in [0.2, 0.25) is 0 Å². The quantitative estimate of drug-likeness (QED) is 0.466. The zero-order chi connectivity index (χ0) is 19.8. The van der Waals surface area contributed by atoms with Gasteiger partial charge < -0.3 is 14.9 Å². The van der Waals surface area contributed by atoms with Crippen LogP contribution < -0.4 is 10.1 Å². The molecular weight excluding hydrogens is 352 g/mol. The molecule has 1 N–H and O–H groups in total. The van der Waals surface area contributed by atoms with Crippen molar-refractivity contribution < 1.29 is 14.4 Å². The molecule has 0 aliphatic heterocycles. The summed E-state index contributed by atoms with van der Waals surface area (Å²) in [6.07, 6.45) is 1.57. The molecule has 0 saturated carbocycles. The van der Waals surface area contributed by atoms with Gasteiger partial charge in [0.1, 0.15) is 5.75 Å². The Balaban J connectivity index is 1.47. The van der Waals surface area contributed by atoms with Gasteiger partial charge in [-0.15, -0.1) is 0 Å². The molecule has 0 aromatic heterocycles. The highest BCUT2D eigenvalue weighted by atomic mass is 16.6. The fraction of sp³-hybridized carbons (Fsp3) is 0.217. The third kappa shape index (κ3) is 5.33. The lowest BCUT2D eigenvalue weighted by molar-refractivity contribution is -0.126. The Hall–Kier alpha value is -3.34. The molecule has 3 aromatic rings. The lowest BCUT2D eigenvalue weighted by Gasteiger charge is -2.14. The van der Waals surface area contributed by atoms with Crippen LogP contribution in [0.1, 0.15) is 31.0 Å². The van der Waals surface area contributed by atoms with Crippen LogP contribution in [-0.2, 0) is 9.63 Å². The summed E-state index contributed by atoms with van der Waals surface area (Å²) < 4.78 is 5.39. The molecule has 0 saturated heterocycles. The van der Waals surface area contributed by atoms with Gasteiger partial charge in [-0.05, 0) is 66.1 Å². The number of hydrogen-bond acceptors (Lipinski definition) is 4. The second-order valence-electron chi connectivity index (χ2n) is 6.41. The molecule has 0 heterocycles. The molecule has 3 aromatic carbocycles. The molecule has 0 aliphatic rings. The average Bonchev–Trinajstić information content (AvgIpc) is 2.72. The molecule has 3 rings (SSSR count). The SMILES string of the molecule is CCOc1ccc(/C=N/OCC(=O)NC(C)c2ccc3ccccc3c2)cc1. The number of hydrogen-bond donors (Lipinski definition) is 1. The topological polar surface area (TPSA) is 59.9 Å². The minimum atomic E-state index is -0.218. The van der Waals surface area contributed by atoms with E-state index in [1.54, 1.807) is 6.21 Å². The predicted octanol–water partition coefficient (Wildman–Crippen LogP) is 4.47. The zero-order valence-electron chi connectivity index (χ0n) is 16.1. The molecule has 28 heavy (non-hydrogen) atoms. The monoisotopic (exact) mass is 376 g/mol. The predicted molar refractivity (Wildman–Crippen MR) is 112 cm³/mol. The van der Waals surface area contributed by atoms with Crippen molar-refractivity contribution in [3.8, 4) is 5.75 Å². The summed E-state index contributed by atoms with van der Waals surface area (Å²) in [5.74, 6) is 0.590. The van der Waals surface area contributed by atoms with Crippen LogP contribution in [0.25, 0.3) is 10.8 Å². The Morgan fingerprint density at radius 1 is 1.07 bits per heavy atom. The van der Waals surface area contributed by atoms with E-state index in [1.165, 1.54) is 5.39 Å². The summed E-state index contributed by atoms with van der Waals surface area (Å²) >= 11 is 0. The maximum Gasteiger partial charge on any atom is 0.261 e. The van der Waals surface area contributed by atoms with E-state index in [9.17, 15) is 4.79 Å². The molecule has 0 bridgehead atoms. The van der Waals surface area contributed by atoms with Gasteiger partial charge >= 0.3 is 0 Å². The van der Waals surface area contributed by atoms with E-state index in [1.807, 2.05) is 56.3 Å². The fourth-order valence-corrected chi connectivity index (χ4v) is 2.85. The molecule has 1 atom stereocenters. The van der Waals surface area contributed by atoms with Crippen LogP contribution in [-0.4, -0.2) is 25.3 Å². The summed E-state index contributed by atoms with van der Waals surface area (Å²) in [4.78, 5) is 17.2. The molecule has 0 aliphatic carbocycles. The van der Waals surface area contributed by atoms with Crippen molar-refractivity contribution in [3.63, 3.8) is 0 Å². The van der Waals surface area contributed by atoms with Gasteiger partial charge in [-0.1, -0.05) is 41.6 Å². The Morgan fingerprint density at radius 2 is 1.82 bits per heavy atom. The Morgan fingerprint density at radius 3 is 2.57 bits per heavy atom. The van der Waals surface area contributed by atoms with E-state index in [4.69, 9.17) is 9.57 Å². The third-order valence-corrected chi connectivity index (χ3v) is 4.31. The first-order chi connectivity index (χ1) is 13.7. The van der Waals surface area contributed by atoms with Crippen molar-refractivity contribution in [1.29, 1.82) is 0 Å². The lowest BCUT2D eigenvalue weighted by atomic mass is 10.0. The van der Waals surface area contributed by atoms with Gasteiger partial charge in [-0.25, -0.2) is 0 Å². The number of amides is 1. The normalized spacial score (nSPS) is 12.1. The van der Waals surface area contributed by atoms with E-state index in [-0.39, 0.29) is 18.6 Å². The summed E-state index contributed by atoms with van der Waals surface area (Å²) in [6, 6.07) is 21.7. The number of ether oxygens (including phenoxy) is 1. The molecule has 1 amide bonds. The van der Waals surface area contributed by atoms with Gasteiger partial charge in [0.25, 0.3) is 5.91 Å². The second kappa shape index (κ2) is 9.55. The van der Waals surface area contributed by atoms with Gasteiger partial charge in [-0.2, -0.15) is 0 Å². The van der Waals surface area contributed by atoms with Gasteiger partial charge in [-0.3, -0.25) is 4.79 Å². The van der Waals surface area contributed by atoms with Gasteiger partial charge in [0, 0.05) is 0 Å². The molecule has 5 nitrogen and oxygen atoms in total. The van der Waals surface area contributed by atoms with Gasteiger partial charge in [0.05, 0.1) is 18.9 Å².